The van der Waals surface area contributed by atoms with Gasteiger partial charge in [-0.05, 0) is 37.5 Å². The molecule has 112 valence electrons. The topological polar surface area (TPSA) is 21.3 Å². The Labute approximate surface area is 113 Å². The van der Waals surface area contributed by atoms with Crippen LogP contribution in [0.2, 0.25) is 0 Å². The monoisotopic (exact) mass is 279 g/mol. The number of hydrogen-bond donors (Lipinski definition) is 1. The second-order valence-corrected chi connectivity index (χ2v) is 6.13. The summed E-state index contributed by atoms with van der Waals surface area (Å²) in [6.45, 7) is 0.0675. The predicted octanol–water partition coefficient (Wildman–Crippen LogP) is 3.66. The van der Waals surface area contributed by atoms with Gasteiger partial charge >= 0.3 is 6.18 Å². The number of alkyl halides is 3. The van der Waals surface area contributed by atoms with Crippen molar-refractivity contribution >= 4 is 0 Å². The molecule has 2 nitrogen and oxygen atoms in total. The van der Waals surface area contributed by atoms with Gasteiger partial charge in [0.05, 0.1) is 0 Å². The lowest BCUT2D eigenvalue weighted by Crippen LogP contribution is -2.38. The summed E-state index contributed by atoms with van der Waals surface area (Å²) in [4.78, 5) is 0. The summed E-state index contributed by atoms with van der Waals surface area (Å²) in [5, 5.41) is 3.55. The first-order valence-corrected chi connectivity index (χ1v) is 7.37. The third-order valence-electron chi connectivity index (χ3n) is 4.30. The Hall–Kier alpha value is -0.290. The maximum absolute atomic E-state index is 12.0. The lowest BCUT2D eigenvalue weighted by molar-refractivity contribution is -0.175. The molecule has 2 fully saturated rings. The van der Waals surface area contributed by atoms with E-state index in [9.17, 15) is 13.2 Å². The van der Waals surface area contributed by atoms with Gasteiger partial charge in [0.15, 0.2) is 0 Å². The minimum Gasteiger partial charge on any atom is -0.372 e. The van der Waals surface area contributed by atoms with E-state index in [1.54, 1.807) is 0 Å². The highest BCUT2D eigenvalue weighted by Crippen LogP contribution is 2.39. The van der Waals surface area contributed by atoms with Crippen LogP contribution in [0.5, 0.6) is 0 Å². The second-order valence-electron chi connectivity index (χ2n) is 6.13. The molecular formula is C14H24F3NO. The van der Waals surface area contributed by atoms with Gasteiger partial charge in [0.2, 0.25) is 0 Å². The van der Waals surface area contributed by atoms with Gasteiger partial charge in [-0.15, -0.1) is 0 Å². The van der Waals surface area contributed by atoms with Crippen LogP contribution in [0.15, 0.2) is 0 Å². The summed E-state index contributed by atoms with van der Waals surface area (Å²) in [6, 6.07) is 0.662. The minimum absolute atomic E-state index is 0.173. The fourth-order valence-corrected chi connectivity index (χ4v) is 2.94. The van der Waals surface area contributed by atoms with Gasteiger partial charge in [0, 0.05) is 19.2 Å². The third-order valence-corrected chi connectivity index (χ3v) is 4.30. The SMILES string of the molecule is FC(F)(F)COCCC1(CNC2CC2)CCCCC1. The van der Waals surface area contributed by atoms with E-state index < -0.39 is 12.8 Å². The Morgan fingerprint density at radius 3 is 2.37 bits per heavy atom. The molecule has 2 aliphatic carbocycles. The van der Waals surface area contributed by atoms with Crippen LogP contribution < -0.4 is 5.32 Å². The fraction of sp³-hybridized carbons (Fsp3) is 1.00. The van der Waals surface area contributed by atoms with Crippen molar-refractivity contribution in [2.75, 3.05) is 19.8 Å². The molecule has 2 rings (SSSR count). The zero-order valence-corrected chi connectivity index (χ0v) is 11.4. The number of ether oxygens (including phenoxy) is 1. The van der Waals surface area contributed by atoms with Gasteiger partial charge in [0.1, 0.15) is 6.61 Å². The molecular weight excluding hydrogens is 255 g/mol. The molecule has 2 saturated carbocycles. The quantitative estimate of drug-likeness (QED) is 0.718. The Kier molecular flexibility index (Phi) is 5.12. The summed E-state index contributed by atoms with van der Waals surface area (Å²) < 4.78 is 40.9. The molecule has 0 radical (unpaired) electrons. The van der Waals surface area contributed by atoms with Crippen LogP contribution in [0.1, 0.15) is 51.4 Å². The van der Waals surface area contributed by atoms with Gasteiger partial charge < -0.3 is 10.1 Å². The largest absolute Gasteiger partial charge is 0.411 e. The molecule has 19 heavy (non-hydrogen) atoms. The number of halogens is 3. The lowest BCUT2D eigenvalue weighted by atomic mass is 9.72. The van der Waals surface area contributed by atoms with E-state index in [0.717, 1.165) is 25.8 Å². The zero-order valence-electron chi connectivity index (χ0n) is 11.4. The fourth-order valence-electron chi connectivity index (χ4n) is 2.94. The van der Waals surface area contributed by atoms with Crippen molar-refractivity contribution in [3.8, 4) is 0 Å². The summed E-state index contributed by atoms with van der Waals surface area (Å²) in [6.07, 6.45) is 4.96. The molecule has 2 aliphatic rings. The lowest BCUT2D eigenvalue weighted by Gasteiger charge is -2.38. The first kappa shape index (κ1) is 15.1. The molecule has 0 spiro atoms. The van der Waals surface area contributed by atoms with Crippen LogP contribution in [-0.4, -0.2) is 32.0 Å². The van der Waals surface area contributed by atoms with Crippen molar-refractivity contribution in [1.82, 2.24) is 5.32 Å². The van der Waals surface area contributed by atoms with Crippen molar-refractivity contribution in [1.29, 1.82) is 0 Å². The molecule has 0 atom stereocenters. The van der Waals surface area contributed by atoms with Crippen molar-refractivity contribution in [3.63, 3.8) is 0 Å². The van der Waals surface area contributed by atoms with Gasteiger partial charge in [-0.2, -0.15) is 13.2 Å². The Morgan fingerprint density at radius 2 is 1.79 bits per heavy atom. The Bertz CT molecular complexity index is 270. The summed E-state index contributed by atoms with van der Waals surface area (Å²) in [5.41, 5.74) is 0.173. The molecule has 0 unspecified atom stereocenters. The van der Waals surface area contributed by atoms with E-state index in [0.29, 0.717) is 6.04 Å². The van der Waals surface area contributed by atoms with E-state index in [2.05, 4.69) is 5.32 Å². The molecule has 1 N–H and O–H groups in total. The van der Waals surface area contributed by atoms with Crippen LogP contribution in [-0.2, 0) is 4.74 Å². The Morgan fingerprint density at radius 1 is 1.11 bits per heavy atom. The van der Waals surface area contributed by atoms with Crippen molar-refractivity contribution < 1.29 is 17.9 Å². The number of nitrogens with one attached hydrogen (secondary N) is 1. The summed E-state index contributed by atoms with van der Waals surface area (Å²) >= 11 is 0. The van der Waals surface area contributed by atoms with Crippen molar-refractivity contribution in [3.05, 3.63) is 0 Å². The highest BCUT2D eigenvalue weighted by molar-refractivity contribution is 4.89. The summed E-state index contributed by atoms with van der Waals surface area (Å²) in [7, 11) is 0. The molecule has 0 aromatic heterocycles. The van der Waals surface area contributed by atoms with Crippen molar-refractivity contribution in [2.45, 2.75) is 63.6 Å². The van der Waals surface area contributed by atoms with E-state index in [4.69, 9.17) is 4.74 Å². The molecule has 0 heterocycles. The standard InChI is InChI=1S/C14H24F3NO/c15-14(16,17)11-19-9-8-13(6-2-1-3-7-13)10-18-12-4-5-12/h12,18H,1-11H2. The first-order valence-electron chi connectivity index (χ1n) is 7.37. The smallest absolute Gasteiger partial charge is 0.372 e. The highest BCUT2D eigenvalue weighted by atomic mass is 19.4. The first-order chi connectivity index (χ1) is 8.99. The molecule has 0 bridgehead atoms. The van der Waals surface area contributed by atoms with Gasteiger partial charge in [-0.1, -0.05) is 19.3 Å². The van der Waals surface area contributed by atoms with E-state index >= 15 is 0 Å². The van der Waals surface area contributed by atoms with Crippen molar-refractivity contribution in [2.24, 2.45) is 5.41 Å². The van der Waals surface area contributed by atoms with Gasteiger partial charge in [-0.3, -0.25) is 0 Å². The maximum atomic E-state index is 12.0. The average molecular weight is 279 g/mol. The normalized spacial score (nSPS) is 23.5. The maximum Gasteiger partial charge on any atom is 0.411 e. The van der Waals surface area contributed by atoms with Crippen LogP contribution in [0.4, 0.5) is 13.2 Å². The molecule has 0 amide bonds. The van der Waals surface area contributed by atoms with Gasteiger partial charge in [-0.25, -0.2) is 0 Å². The molecule has 0 aromatic rings. The third kappa shape index (κ3) is 5.69. The van der Waals surface area contributed by atoms with Crippen LogP contribution in [0, 0.1) is 5.41 Å². The minimum atomic E-state index is -4.20. The van der Waals surface area contributed by atoms with E-state index in [1.165, 1.54) is 32.1 Å². The second kappa shape index (κ2) is 6.44. The van der Waals surface area contributed by atoms with E-state index in [1.807, 2.05) is 0 Å². The van der Waals surface area contributed by atoms with Crippen LogP contribution >= 0.6 is 0 Å². The van der Waals surface area contributed by atoms with Crippen LogP contribution in [0.3, 0.4) is 0 Å². The molecule has 0 aliphatic heterocycles. The molecule has 0 aromatic carbocycles. The van der Waals surface area contributed by atoms with Crippen LogP contribution in [0.25, 0.3) is 0 Å². The highest BCUT2D eigenvalue weighted by Gasteiger charge is 2.34. The number of rotatable bonds is 7. The number of hydrogen-bond acceptors (Lipinski definition) is 2. The summed E-state index contributed by atoms with van der Waals surface area (Å²) in [5.74, 6) is 0. The van der Waals surface area contributed by atoms with E-state index in [-0.39, 0.29) is 12.0 Å². The average Bonchev–Trinajstić information content (AvgIpc) is 3.17. The molecule has 0 saturated heterocycles. The zero-order chi connectivity index (χ0) is 13.8. The van der Waals surface area contributed by atoms with Gasteiger partial charge in [0.25, 0.3) is 0 Å². The predicted molar refractivity (Wildman–Crippen MR) is 68.0 cm³/mol. The Balaban J connectivity index is 1.72. The molecule has 5 heteroatoms.